The van der Waals surface area contributed by atoms with E-state index in [1.165, 1.54) is 6.20 Å². The van der Waals surface area contributed by atoms with E-state index in [9.17, 15) is 9.59 Å². The second-order valence-corrected chi connectivity index (χ2v) is 6.63. The lowest BCUT2D eigenvalue weighted by Crippen LogP contribution is -2.41. The van der Waals surface area contributed by atoms with Crippen molar-refractivity contribution in [3.05, 3.63) is 58.3 Å². The summed E-state index contributed by atoms with van der Waals surface area (Å²) in [5, 5.41) is 2.82. The Morgan fingerprint density at radius 2 is 1.88 bits per heavy atom. The van der Waals surface area contributed by atoms with E-state index in [0.717, 1.165) is 10.0 Å². The van der Waals surface area contributed by atoms with Gasteiger partial charge in [0, 0.05) is 35.6 Å². The number of benzene rings is 1. The van der Waals surface area contributed by atoms with Crippen LogP contribution in [0, 0.1) is 0 Å². The van der Waals surface area contributed by atoms with E-state index in [2.05, 4.69) is 26.2 Å². The number of halogens is 1. The number of hydrogen-bond donors (Lipinski definition) is 1. The molecule has 0 saturated carbocycles. The predicted octanol–water partition coefficient (Wildman–Crippen LogP) is 2.50. The fourth-order valence-electron chi connectivity index (χ4n) is 2.54. The number of morpholine rings is 1. The third-order valence-corrected chi connectivity index (χ3v) is 4.33. The molecule has 1 aromatic carbocycles. The minimum absolute atomic E-state index is 0.0975. The molecule has 3 rings (SSSR count). The van der Waals surface area contributed by atoms with Gasteiger partial charge in [0.05, 0.1) is 25.2 Å². The molecule has 130 valence electrons. The zero-order valence-electron chi connectivity index (χ0n) is 13.6. The molecule has 1 saturated heterocycles. The van der Waals surface area contributed by atoms with Crippen molar-refractivity contribution in [1.82, 2.24) is 9.88 Å². The van der Waals surface area contributed by atoms with Gasteiger partial charge in [0.1, 0.15) is 0 Å². The third kappa shape index (κ3) is 4.87. The molecule has 0 aliphatic carbocycles. The molecule has 0 radical (unpaired) electrons. The van der Waals surface area contributed by atoms with Crippen LogP contribution in [-0.4, -0.2) is 48.0 Å². The first kappa shape index (κ1) is 17.6. The summed E-state index contributed by atoms with van der Waals surface area (Å²) in [7, 11) is 0. The monoisotopic (exact) mass is 403 g/mol. The first-order valence-corrected chi connectivity index (χ1v) is 8.77. The normalized spacial score (nSPS) is 14.2. The van der Waals surface area contributed by atoms with Crippen molar-refractivity contribution in [2.24, 2.45) is 0 Å². The number of pyridine rings is 1. The maximum absolute atomic E-state index is 12.2. The van der Waals surface area contributed by atoms with Crippen LogP contribution in [0.3, 0.4) is 0 Å². The number of anilines is 1. The lowest BCUT2D eigenvalue weighted by Gasteiger charge is -2.26. The van der Waals surface area contributed by atoms with Crippen LogP contribution in [0.4, 0.5) is 5.69 Å². The highest BCUT2D eigenvalue weighted by atomic mass is 79.9. The molecule has 25 heavy (non-hydrogen) atoms. The molecule has 2 heterocycles. The first-order chi connectivity index (χ1) is 12.1. The Morgan fingerprint density at radius 3 is 2.56 bits per heavy atom. The van der Waals surface area contributed by atoms with Crippen molar-refractivity contribution in [3.63, 3.8) is 0 Å². The third-order valence-electron chi connectivity index (χ3n) is 3.90. The van der Waals surface area contributed by atoms with Gasteiger partial charge in [-0.15, -0.1) is 0 Å². The van der Waals surface area contributed by atoms with Crippen LogP contribution in [0.15, 0.2) is 47.2 Å². The van der Waals surface area contributed by atoms with E-state index in [1.54, 1.807) is 24.4 Å². The molecule has 6 nitrogen and oxygen atoms in total. The maximum Gasteiger partial charge on any atom is 0.257 e. The SMILES string of the molecule is O=C(Nc1ccc(CC(=O)N2CCOCC2)cc1)c1cncc(Br)c1. The largest absolute Gasteiger partial charge is 0.378 e. The Labute approximate surface area is 154 Å². The van der Waals surface area contributed by atoms with Gasteiger partial charge in [-0.25, -0.2) is 0 Å². The summed E-state index contributed by atoms with van der Waals surface area (Å²) in [4.78, 5) is 30.2. The van der Waals surface area contributed by atoms with Crippen molar-refractivity contribution in [2.75, 3.05) is 31.6 Å². The molecule has 2 aromatic rings. The zero-order valence-corrected chi connectivity index (χ0v) is 15.2. The average Bonchev–Trinajstić information content (AvgIpc) is 2.64. The van der Waals surface area contributed by atoms with Crippen LogP contribution in [0.2, 0.25) is 0 Å². The molecule has 2 amide bonds. The van der Waals surface area contributed by atoms with Gasteiger partial charge in [-0.05, 0) is 39.7 Å². The van der Waals surface area contributed by atoms with E-state index in [-0.39, 0.29) is 11.8 Å². The molecule has 0 unspecified atom stereocenters. The molecule has 7 heteroatoms. The van der Waals surface area contributed by atoms with Gasteiger partial charge in [0.2, 0.25) is 5.91 Å². The number of amides is 2. The zero-order chi connectivity index (χ0) is 17.6. The van der Waals surface area contributed by atoms with Crippen molar-refractivity contribution in [1.29, 1.82) is 0 Å². The topological polar surface area (TPSA) is 71.5 Å². The van der Waals surface area contributed by atoms with Gasteiger partial charge >= 0.3 is 0 Å². The molecule has 0 atom stereocenters. The first-order valence-electron chi connectivity index (χ1n) is 7.98. The molecule has 0 bridgehead atoms. The van der Waals surface area contributed by atoms with E-state index in [1.807, 2.05) is 17.0 Å². The summed E-state index contributed by atoms with van der Waals surface area (Å²) in [6.07, 6.45) is 3.48. The van der Waals surface area contributed by atoms with Gasteiger partial charge in [0.15, 0.2) is 0 Å². The molecule has 1 aliphatic heterocycles. The summed E-state index contributed by atoms with van der Waals surface area (Å²) in [6.45, 7) is 2.49. The van der Waals surface area contributed by atoms with E-state index in [4.69, 9.17) is 4.74 Å². The average molecular weight is 404 g/mol. The number of nitrogens with zero attached hydrogens (tertiary/aromatic N) is 2. The van der Waals surface area contributed by atoms with Crippen LogP contribution >= 0.6 is 15.9 Å². The number of hydrogen-bond acceptors (Lipinski definition) is 4. The fraction of sp³-hybridized carbons (Fsp3) is 0.278. The van der Waals surface area contributed by atoms with E-state index < -0.39 is 0 Å². The Morgan fingerprint density at radius 1 is 1.16 bits per heavy atom. The number of nitrogens with one attached hydrogen (secondary N) is 1. The summed E-state index contributed by atoms with van der Waals surface area (Å²) in [5.41, 5.74) is 2.06. The van der Waals surface area contributed by atoms with Crippen LogP contribution in [0.5, 0.6) is 0 Å². The molecule has 1 N–H and O–H groups in total. The van der Waals surface area contributed by atoms with Crippen molar-refractivity contribution < 1.29 is 14.3 Å². The summed E-state index contributed by atoms with van der Waals surface area (Å²) >= 11 is 3.29. The van der Waals surface area contributed by atoms with Crippen molar-refractivity contribution in [3.8, 4) is 0 Å². The Kier molecular flexibility index (Phi) is 5.78. The number of rotatable bonds is 4. The lowest BCUT2D eigenvalue weighted by atomic mass is 10.1. The smallest absolute Gasteiger partial charge is 0.257 e. The minimum atomic E-state index is -0.231. The number of ether oxygens (including phenoxy) is 1. The summed E-state index contributed by atoms with van der Waals surface area (Å²) in [6, 6.07) is 9.01. The van der Waals surface area contributed by atoms with Crippen molar-refractivity contribution >= 4 is 33.4 Å². The predicted molar refractivity (Wildman–Crippen MR) is 97.4 cm³/mol. The molecular weight excluding hydrogens is 386 g/mol. The van der Waals surface area contributed by atoms with Crippen LogP contribution in [0.1, 0.15) is 15.9 Å². The van der Waals surface area contributed by atoms with E-state index in [0.29, 0.717) is 44.0 Å². The second kappa shape index (κ2) is 8.22. The van der Waals surface area contributed by atoms with Crippen molar-refractivity contribution in [2.45, 2.75) is 6.42 Å². The number of carbonyl (C=O) groups is 2. The lowest BCUT2D eigenvalue weighted by molar-refractivity contribution is -0.134. The Bertz CT molecular complexity index is 758. The second-order valence-electron chi connectivity index (χ2n) is 5.71. The molecule has 1 aliphatic rings. The fourth-order valence-corrected chi connectivity index (χ4v) is 2.91. The number of carbonyl (C=O) groups excluding carboxylic acids is 2. The molecule has 1 aromatic heterocycles. The van der Waals surface area contributed by atoms with Crippen LogP contribution in [0.25, 0.3) is 0 Å². The molecular formula is C18H18BrN3O3. The van der Waals surface area contributed by atoms with Crippen LogP contribution < -0.4 is 5.32 Å². The van der Waals surface area contributed by atoms with Gasteiger partial charge < -0.3 is 15.0 Å². The Hall–Kier alpha value is -2.25. The van der Waals surface area contributed by atoms with Gasteiger partial charge in [-0.3, -0.25) is 14.6 Å². The van der Waals surface area contributed by atoms with Gasteiger partial charge in [-0.1, -0.05) is 12.1 Å². The van der Waals surface area contributed by atoms with Crippen LogP contribution in [-0.2, 0) is 16.0 Å². The number of aromatic nitrogens is 1. The summed E-state index contributed by atoms with van der Waals surface area (Å²) < 4.78 is 6.00. The van der Waals surface area contributed by atoms with Gasteiger partial charge in [-0.2, -0.15) is 0 Å². The molecule has 0 spiro atoms. The highest BCUT2D eigenvalue weighted by Crippen LogP contribution is 2.14. The highest BCUT2D eigenvalue weighted by molar-refractivity contribution is 9.10. The minimum Gasteiger partial charge on any atom is -0.378 e. The Balaban J connectivity index is 1.58. The summed E-state index contributed by atoms with van der Waals surface area (Å²) in [5.74, 6) is -0.133. The molecule has 1 fully saturated rings. The van der Waals surface area contributed by atoms with E-state index >= 15 is 0 Å². The maximum atomic E-state index is 12.2. The standard InChI is InChI=1S/C18H18BrN3O3/c19-15-10-14(11-20-12-15)18(24)21-16-3-1-13(2-4-16)9-17(23)22-5-7-25-8-6-22/h1-4,10-12H,5-9H2,(H,21,24). The quantitative estimate of drug-likeness (QED) is 0.850. The van der Waals surface area contributed by atoms with Gasteiger partial charge in [0.25, 0.3) is 5.91 Å². The highest BCUT2D eigenvalue weighted by Gasteiger charge is 2.17.